The van der Waals surface area contributed by atoms with Crippen LogP contribution in [0.1, 0.15) is 81.0 Å². The largest absolute Gasteiger partial charge is 0.369 e. The van der Waals surface area contributed by atoms with Gasteiger partial charge in [0.15, 0.2) is 0 Å². The van der Waals surface area contributed by atoms with Gasteiger partial charge in [-0.2, -0.15) is 20.4 Å². The average Bonchev–Trinajstić information content (AvgIpc) is 3.15. The minimum atomic E-state index is -0.681. The van der Waals surface area contributed by atoms with Crippen molar-refractivity contribution < 1.29 is 14.4 Å². The van der Waals surface area contributed by atoms with Crippen molar-refractivity contribution in [2.24, 2.45) is 43.3 Å². The summed E-state index contributed by atoms with van der Waals surface area (Å²) in [6.45, 7) is 6.58. The number of amides is 3. The normalized spacial score (nSPS) is 11.8. The Morgan fingerprint density at radius 2 is 0.661 bits per heavy atom. The summed E-state index contributed by atoms with van der Waals surface area (Å²) < 4.78 is 0. The van der Waals surface area contributed by atoms with Gasteiger partial charge in [0.05, 0.1) is 22.8 Å². The number of carbonyl (C=O) groups excluding carboxylic acids is 3. The third-order valence-corrected chi connectivity index (χ3v) is 7.38. The summed E-state index contributed by atoms with van der Waals surface area (Å²) in [7, 11) is 1.40. The standard InChI is InChI=1S/C34H43N19O3/c1-15(46-50-31(35)36)19-6-20(16(2)47-51-32(37)38)12-26(11-19)44-29(55)24-8-23(28(54)43-5)9-25(10-24)30(56)45-27-13-21(17(3)48-52-33(39)40)7-22(14-27)18(4)49-53-34(41)42/h6-14H,1-5H3,(H,43,54)(H,44,55)(H,45,56)(H4,35,36,50)(H4,37,38,51)(H4,39,40,52)(H4,41,42,53)/b46-15-,47-16-,48-17-,49-18+. The van der Waals surface area contributed by atoms with Crippen molar-refractivity contribution >= 4 is 75.8 Å². The summed E-state index contributed by atoms with van der Waals surface area (Å²) in [5.41, 5.74) is 35.0. The fourth-order valence-corrected chi connectivity index (χ4v) is 4.64. The first-order chi connectivity index (χ1) is 26.4. The molecule has 0 aliphatic carbocycles. The van der Waals surface area contributed by atoms with Crippen molar-refractivity contribution in [1.82, 2.24) is 27.0 Å². The second-order valence-corrected chi connectivity index (χ2v) is 11.8. The van der Waals surface area contributed by atoms with E-state index in [-0.39, 0.29) is 28.1 Å². The van der Waals surface area contributed by atoms with Gasteiger partial charge in [0.25, 0.3) is 17.7 Å². The van der Waals surface area contributed by atoms with Gasteiger partial charge in [-0.05, 0) is 82.3 Å². The number of hydrogen-bond donors (Lipinski definition) is 15. The van der Waals surface area contributed by atoms with E-state index in [4.69, 9.17) is 44.6 Å². The molecule has 0 unspecified atom stereocenters. The van der Waals surface area contributed by atoms with E-state index in [1.54, 1.807) is 64.1 Å². The number of rotatable bonds is 13. The van der Waals surface area contributed by atoms with Crippen LogP contribution in [-0.2, 0) is 0 Å². The van der Waals surface area contributed by atoms with E-state index in [0.29, 0.717) is 45.1 Å². The third-order valence-electron chi connectivity index (χ3n) is 7.38. The average molecular weight is 766 g/mol. The van der Waals surface area contributed by atoms with Crippen molar-refractivity contribution in [3.63, 3.8) is 0 Å². The molecule has 0 saturated carbocycles. The van der Waals surface area contributed by atoms with Crippen LogP contribution < -0.4 is 60.6 Å². The lowest BCUT2D eigenvalue weighted by Crippen LogP contribution is -2.27. The van der Waals surface area contributed by atoms with Crippen molar-refractivity contribution in [3.8, 4) is 0 Å². The molecule has 22 nitrogen and oxygen atoms in total. The number of carbonyl (C=O) groups is 3. The molecule has 19 N–H and O–H groups in total. The van der Waals surface area contributed by atoms with Crippen LogP contribution in [-0.4, -0.2) is 71.5 Å². The Kier molecular flexibility index (Phi) is 14.4. The van der Waals surface area contributed by atoms with E-state index >= 15 is 0 Å². The molecule has 0 heterocycles. The number of anilines is 2. The van der Waals surface area contributed by atoms with Crippen LogP contribution in [0, 0.1) is 21.6 Å². The highest BCUT2D eigenvalue weighted by molar-refractivity contribution is 6.13. The number of nitrogens with one attached hydrogen (secondary N) is 11. The summed E-state index contributed by atoms with van der Waals surface area (Å²) in [4.78, 5) is 40.5. The van der Waals surface area contributed by atoms with Crippen LogP contribution in [0.15, 0.2) is 75.0 Å². The molecule has 3 aromatic rings. The van der Waals surface area contributed by atoms with Gasteiger partial charge in [-0.15, -0.1) is 0 Å². The van der Waals surface area contributed by atoms with Gasteiger partial charge in [0.2, 0.25) is 23.8 Å². The molecule has 3 rings (SSSR count). The summed E-state index contributed by atoms with van der Waals surface area (Å²) in [6, 6.07) is 13.8. The number of nitrogens with zero attached hydrogens (tertiary/aromatic N) is 4. The highest BCUT2D eigenvalue weighted by atomic mass is 16.2. The number of guanidine groups is 4. The predicted octanol–water partition coefficient (Wildman–Crippen LogP) is 0.379. The molecule has 3 amide bonds. The Morgan fingerprint density at radius 1 is 0.429 bits per heavy atom. The molecule has 292 valence electrons. The van der Waals surface area contributed by atoms with E-state index in [2.05, 4.69) is 58.1 Å². The van der Waals surface area contributed by atoms with Crippen molar-refractivity contribution in [2.75, 3.05) is 17.7 Å². The van der Waals surface area contributed by atoms with E-state index < -0.39 is 41.6 Å². The minimum absolute atomic E-state index is 0.0160. The van der Waals surface area contributed by atoms with E-state index in [0.717, 1.165) is 0 Å². The summed E-state index contributed by atoms with van der Waals surface area (Å²) >= 11 is 0. The Morgan fingerprint density at radius 3 is 0.893 bits per heavy atom. The van der Waals surface area contributed by atoms with Gasteiger partial charge >= 0.3 is 0 Å². The molecule has 0 spiro atoms. The number of nitrogens with two attached hydrogens (primary N) is 4. The Bertz CT molecular complexity index is 1980. The lowest BCUT2D eigenvalue weighted by molar-refractivity contribution is 0.0963. The highest BCUT2D eigenvalue weighted by Gasteiger charge is 2.19. The molecule has 0 fully saturated rings. The lowest BCUT2D eigenvalue weighted by Gasteiger charge is -2.14. The molecule has 0 saturated heterocycles. The van der Waals surface area contributed by atoms with Crippen molar-refractivity contribution in [1.29, 1.82) is 21.6 Å². The molecule has 0 atom stereocenters. The minimum Gasteiger partial charge on any atom is -0.369 e. The molecule has 56 heavy (non-hydrogen) atoms. The molecular formula is C34H43N19O3. The van der Waals surface area contributed by atoms with Crippen LogP contribution >= 0.6 is 0 Å². The van der Waals surface area contributed by atoms with Crippen molar-refractivity contribution in [3.05, 3.63) is 93.5 Å². The first kappa shape index (κ1) is 42.2. The molecular weight excluding hydrogens is 723 g/mol. The summed E-state index contributed by atoms with van der Waals surface area (Å²) in [5, 5.41) is 54.0. The Balaban J connectivity index is 2.09. The van der Waals surface area contributed by atoms with Gasteiger partial charge in [-0.25, -0.2) is 21.7 Å². The Labute approximate surface area is 320 Å². The molecule has 0 aliphatic rings. The third kappa shape index (κ3) is 12.5. The van der Waals surface area contributed by atoms with Gasteiger partial charge < -0.3 is 38.9 Å². The SMILES string of the molecule is CNC(=O)c1cc(C(=O)Nc2cc(/C(C)=N\NC(=N)N)cc(/C(C)=N\NC(=N)N)c2)cc(C(=O)Nc2cc(/C(C)=N\NC(=N)N)cc(/C(C)=N/NC(=N)N)c2)c1. The first-order valence-corrected chi connectivity index (χ1v) is 16.3. The number of benzene rings is 3. The molecule has 0 radical (unpaired) electrons. The van der Waals surface area contributed by atoms with Crippen LogP contribution in [0.5, 0.6) is 0 Å². The maximum atomic E-state index is 13.8. The summed E-state index contributed by atoms with van der Waals surface area (Å²) in [6.07, 6.45) is 0. The van der Waals surface area contributed by atoms with Crippen LogP contribution in [0.3, 0.4) is 0 Å². The molecule has 0 aromatic heterocycles. The van der Waals surface area contributed by atoms with E-state index in [1.807, 2.05) is 0 Å². The van der Waals surface area contributed by atoms with Crippen LogP contribution in [0.4, 0.5) is 11.4 Å². The molecule has 0 bridgehead atoms. The first-order valence-electron chi connectivity index (χ1n) is 16.3. The fraction of sp³-hybridized carbons (Fsp3) is 0.147. The van der Waals surface area contributed by atoms with E-state index in [9.17, 15) is 14.4 Å². The fourth-order valence-electron chi connectivity index (χ4n) is 4.64. The van der Waals surface area contributed by atoms with Gasteiger partial charge in [-0.3, -0.25) is 36.0 Å². The quantitative estimate of drug-likeness (QED) is 0.0640. The maximum absolute atomic E-state index is 13.8. The van der Waals surface area contributed by atoms with Gasteiger partial charge in [0.1, 0.15) is 0 Å². The zero-order valence-electron chi connectivity index (χ0n) is 31.0. The van der Waals surface area contributed by atoms with Crippen LogP contribution in [0.25, 0.3) is 0 Å². The zero-order valence-corrected chi connectivity index (χ0v) is 31.0. The summed E-state index contributed by atoms with van der Waals surface area (Å²) in [5.74, 6) is -3.49. The van der Waals surface area contributed by atoms with Gasteiger partial charge in [-0.1, -0.05) is 0 Å². The highest BCUT2D eigenvalue weighted by Crippen LogP contribution is 2.22. The van der Waals surface area contributed by atoms with Gasteiger partial charge in [0, 0.05) is 57.4 Å². The second-order valence-electron chi connectivity index (χ2n) is 11.8. The Hall–Kier alpha value is -8.17. The second kappa shape index (κ2) is 19.1. The number of hydrazone groups is 4. The van der Waals surface area contributed by atoms with Crippen LogP contribution in [0.2, 0.25) is 0 Å². The number of hydrogen-bond acceptors (Lipinski definition) is 11. The maximum Gasteiger partial charge on any atom is 0.255 e. The predicted molar refractivity (Wildman–Crippen MR) is 218 cm³/mol. The molecule has 0 aliphatic heterocycles. The topological polar surface area (TPSA) is 384 Å². The molecule has 22 heteroatoms. The monoisotopic (exact) mass is 765 g/mol. The smallest absolute Gasteiger partial charge is 0.255 e. The lowest BCUT2D eigenvalue weighted by atomic mass is 10.0. The van der Waals surface area contributed by atoms with Crippen molar-refractivity contribution in [2.45, 2.75) is 27.7 Å². The molecule has 3 aromatic carbocycles. The zero-order chi connectivity index (χ0) is 41.7. The van der Waals surface area contributed by atoms with E-state index in [1.165, 1.54) is 25.2 Å².